The van der Waals surface area contributed by atoms with Crippen molar-refractivity contribution in [2.45, 2.75) is 11.8 Å². The quantitative estimate of drug-likeness (QED) is 0.775. The van der Waals surface area contributed by atoms with Crippen molar-refractivity contribution < 1.29 is 17.6 Å². The molecule has 0 fully saturated rings. The number of aryl methyl sites for hydroxylation is 1. The van der Waals surface area contributed by atoms with Crippen molar-refractivity contribution in [3.05, 3.63) is 40.2 Å². The van der Waals surface area contributed by atoms with Gasteiger partial charge in [-0.1, -0.05) is 0 Å². The maximum atomic E-state index is 11.9. The molecule has 0 aliphatic rings. The third-order valence-corrected chi connectivity index (χ3v) is 3.93. The minimum absolute atomic E-state index is 0.114. The van der Waals surface area contributed by atoms with Crippen LogP contribution in [0.2, 0.25) is 0 Å². The van der Waals surface area contributed by atoms with E-state index in [0.29, 0.717) is 10.9 Å². The Bertz CT molecular complexity index is 823. The van der Waals surface area contributed by atoms with Gasteiger partial charge in [-0.05, 0) is 24.6 Å². The van der Waals surface area contributed by atoms with E-state index in [1.165, 1.54) is 24.3 Å². The Balaban J connectivity index is 2.70. The first-order chi connectivity index (χ1) is 8.79. The molecule has 0 unspecified atom stereocenters. The predicted octanol–water partition coefficient (Wildman–Crippen LogP) is 0.458. The van der Waals surface area contributed by atoms with E-state index in [4.69, 9.17) is 10.2 Å². The molecule has 0 saturated heterocycles. The lowest BCUT2D eigenvalue weighted by Crippen LogP contribution is -2.35. The molecule has 7 nitrogen and oxygen atoms in total. The third-order valence-electron chi connectivity index (χ3n) is 2.44. The molecule has 0 atom stereocenters. The Morgan fingerprint density at radius 3 is 2.63 bits per heavy atom. The number of benzene rings is 1. The van der Waals surface area contributed by atoms with Crippen molar-refractivity contribution in [2.75, 3.05) is 0 Å². The molecule has 8 heteroatoms. The van der Waals surface area contributed by atoms with E-state index in [1.807, 2.05) is 0 Å². The maximum absolute atomic E-state index is 11.9. The summed E-state index contributed by atoms with van der Waals surface area (Å²) in [5, 5.41) is 0.579. The van der Waals surface area contributed by atoms with Crippen LogP contribution in [0.5, 0.6) is 0 Å². The van der Waals surface area contributed by atoms with Gasteiger partial charge < -0.3 is 10.2 Å². The molecule has 2 aromatic rings. The number of carbonyl (C=O) groups excluding carboxylic acids is 1. The van der Waals surface area contributed by atoms with Crippen molar-refractivity contribution in [2.24, 2.45) is 5.73 Å². The molecular weight excluding hydrogens is 272 g/mol. The van der Waals surface area contributed by atoms with E-state index in [0.717, 1.165) is 0 Å². The second kappa shape index (κ2) is 4.39. The SMILES string of the molecule is Cc1cc2ccc(=O)oc2cc1S(=O)(=O)NC(N)=O. The van der Waals surface area contributed by atoms with Gasteiger partial charge in [0.25, 0.3) is 10.0 Å². The smallest absolute Gasteiger partial charge is 0.336 e. The number of urea groups is 1. The highest BCUT2D eigenvalue weighted by molar-refractivity contribution is 7.90. The Hall–Kier alpha value is -2.35. The summed E-state index contributed by atoms with van der Waals surface area (Å²) in [5.74, 6) is 0. The molecule has 1 aromatic heterocycles. The Morgan fingerprint density at radius 2 is 2.00 bits per heavy atom. The zero-order valence-corrected chi connectivity index (χ0v) is 10.7. The van der Waals surface area contributed by atoms with Gasteiger partial charge in [-0.3, -0.25) is 0 Å². The van der Waals surface area contributed by atoms with Crippen LogP contribution < -0.4 is 16.1 Å². The van der Waals surface area contributed by atoms with Crippen LogP contribution in [0.25, 0.3) is 11.0 Å². The number of hydrogen-bond donors (Lipinski definition) is 2. The maximum Gasteiger partial charge on any atom is 0.336 e. The molecular formula is C11H10N2O5S. The molecule has 3 N–H and O–H groups in total. The molecule has 100 valence electrons. The van der Waals surface area contributed by atoms with Gasteiger partial charge in [0, 0.05) is 17.5 Å². The number of nitrogens with one attached hydrogen (secondary N) is 1. The number of amides is 2. The van der Waals surface area contributed by atoms with Crippen molar-refractivity contribution in [1.29, 1.82) is 0 Å². The van der Waals surface area contributed by atoms with Gasteiger partial charge in [0.15, 0.2) is 0 Å². The monoisotopic (exact) mass is 282 g/mol. The largest absolute Gasteiger partial charge is 0.423 e. The molecule has 0 aliphatic heterocycles. The summed E-state index contributed by atoms with van der Waals surface area (Å²) in [6.45, 7) is 1.56. The van der Waals surface area contributed by atoms with Crippen molar-refractivity contribution in [3.8, 4) is 0 Å². The summed E-state index contributed by atoms with van der Waals surface area (Å²) in [6.07, 6.45) is 0. The highest BCUT2D eigenvalue weighted by atomic mass is 32.2. The average Bonchev–Trinajstić information content (AvgIpc) is 2.27. The topological polar surface area (TPSA) is 119 Å². The van der Waals surface area contributed by atoms with Gasteiger partial charge >= 0.3 is 11.7 Å². The van der Waals surface area contributed by atoms with Crippen molar-refractivity contribution in [3.63, 3.8) is 0 Å². The van der Waals surface area contributed by atoms with Gasteiger partial charge in [0.05, 0.1) is 4.90 Å². The van der Waals surface area contributed by atoms with E-state index in [1.54, 1.807) is 11.6 Å². The van der Waals surface area contributed by atoms with Gasteiger partial charge in [0.1, 0.15) is 5.58 Å². The Kier molecular flexibility index (Phi) is 3.03. The summed E-state index contributed by atoms with van der Waals surface area (Å²) in [7, 11) is -4.08. The molecule has 19 heavy (non-hydrogen) atoms. The Labute approximate surface area is 108 Å². The van der Waals surface area contributed by atoms with Gasteiger partial charge in [-0.25, -0.2) is 22.7 Å². The van der Waals surface area contributed by atoms with Crippen LogP contribution in [0.4, 0.5) is 4.79 Å². The summed E-state index contributed by atoms with van der Waals surface area (Å²) < 4.78 is 30.3. The second-order valence-electron chi connectivity index (χ2n) is 3.88. The summed E-state index contributed by atoms with van der Waals surface area (Å²) >= 11 is 0. The van der Waals surface area contributed by atoms with Gasteiger partial charge in [-0.2, -0.15) is 0 Å². The number of sulfonamides is 1. The first-order valence-electron chi connectivity index (χ1n) is 5.16. The van der Waals surface area contributed by atoms with Crippen LogP contribution in [0.15, 0.2) is 38.4 Å². The molecule has 2 amide bonds. The third kappa shape index (κ3) is 2.58. The normalized spacial score (nSPS) is 11.4. The van der Waals surface area contributed by atoms with E-state index in [2.05, 4.69) is 0 Å². The fourth-order valence-electron chi connectivity index (χ4n) is 1.69. The molecule has 1 aromatic carbocycles. The van der Waals surface area contributed by atoms with Crippen LogP contribution >= 0.6 is 0 Å². The van der Waals surface area contributed by atoms with Crippen LogP contribution in [-0.4, -0.2) is 14.4 Å². The van der Waals surface area contributed by atoms with Crippen molar-refractivity contribution >= 4 is 27.0 Å². The lowest BCUT2D eigenvalue weighted by atomic mass is 10.1. The standard InChI is InChI=1S/C11H10N2O5S/c1-6-4-7-2-3-10(14)18-8(7)5-9(6)19(16,17)13-11(12)15/h2-5H,1H3,(H3,12,13,15). The second-order valence-corrected chi connectivity index (χ2v) is 5.53. The van der Waals surface area contributed by atoms with Gasteiger partial charge in [0.2, 0.25) is 0 Å². The predicted molar refractivity (Wildman–Crippen MR) is 67.1 cm³/mol. The average molecular weight is 282 g/mol. The molecule has 0 spiro atoms. The molecule has 0 bridgehead atoms. The van der Waals surface area contributed by atoms with Crippen LogP contribution in [0, 0.1) is 6.92 Å². The first-order valence-corrected chi connectivity index (χ1v) is 6.65. The van der Waals surface area contributed by atoms with Crippen molar-refractivity contribution in [1.82, 2.24) is 4.72 Å². The van der Waals surface area contributed by atoms with Crippen LogP contribution in [0.1, 0.15) is 5.56 Å². The molecule has 0 radical (unpaired) electrons. The Morgan fingerprint density at radius 1 is 1.32 bits per heavy atom. The van der Waals surface area contributed by atoms with Crippen LogP contribution in [-0.2, 0) is 10.0 Å². The van der Waals surface area contributed by atoms with E-state index in [-0.39, 0.29) is 10.5 Å². The number of primary amides is 1. The molecule has 0 aliphatic carbocycles. The minimum atomic E-state index is -4.08. The number of hydrogen-bond acceptors (Lipinski definition) is 5. The first kappa shape index (κ1) is 13.1. The molecule has 1 heterocycles. The zero-order chi connectivity index (χ0) is 14.2. The van der Waals surface area contributed by atoms with Crippen LogP contribution in [0.3, 0.4) is 0 Å². The van der Waals surface area contributed by atoms with E-state index < -0.39 is 21.7 Å². The van der Waals surface area contributed by atoms with Gasteiger partial charge in [-0.15, -0.1) is 0 Å². The number of nitrogens with two attached hydrogens (primary N) is 1. The summed E-state index contributed by atoms with van der Waals surface area (Å²) in [6, 6.07) is 4.28. The lowest BCUT2D eigenvalue weighted by Gasteiger charge is -2.08. The summed E-state index contributed by atoms with van der Waals surface area (Å²) in [4.78, 5) is 21.6. The number of carbonyl (C=O) groups is 1. The zero-order valence-electron chi connectivity index (χ0n) is 9.84. The fraction of sp³-hybridized carbons (Fsp3) is 0.0909. The van der Waals surface area contributed by atoms with E-state index in [9.17, 15) is 18.0 Å². The number of fused-ring (bicyclic) bond motifs is 1. The fourth-order valence-corrected chi connectivity index (χ4v) is 2.81. The lowest BCUT2D eigenvalue weighted by molar-refractivity contribution is 0.253. The minimum Gasteiger partial charge on any atom is -0.423 e. The summed E-state index contributed by atoms with van der Waals surface area (Å²) in [5.41, 5.74) is 4.72. The highest BCUT2D eigenvalue weighted by Gasteiger charge is 2.19. The highest BCUT2D eigenvalue weighted by Crippen LogP contribution is 2.22. The van der Waals surface area contributed by atoms with E-state index >= 15 is 0 Å². The molecule has 2 rings (SSSR count). The molecule has 0 saturated carbocycles. The number of rotatable bonds is 2.